The van der Waals surface area contributed by atoms with Crippen LogP contribution in [0.3, 0.4) is 0 Å². The highest BCUT2D eigenvalue weighted by molar-refractivity contribution is 9.10. The highest BCUT2D eigenvalue weighted by Crippen LogP contribution is 2.45. The summed E-state index contributed by atoms with van der Waals surface area (Å²) in [5, 5.41) is 31.3. The zero-order valence-electron chi connectivity index (χ0n) is 18.2. The molecule has 2 heterocycles. The van der Waals surface area contributed by atoms with E-state index in [-0.39, 0.29) is 5.78 Å². The number of nitrogens with one attached hydrogen (secondary N) is 1. The number of fused-ring (bicyclic) bond motifs is 4. The van der Waals surface area contributed by atoms with Crippen LogP contribution in [-0.4, -0.2) is 64.1 Å². The van der Waals surface area contributed by atoms with Crippen LogP contribution >= 0.6 is 15.9 Å². The van der Waals surface area contributed by atoms with Gasteiger partial charge in [-0.15, -0.1) is 0 Å². The van der Waals surface area contributed by atoms with Crippen molar-refractivity contribution in [2.75, 3.05) is 7.11 Å². The van der Waals surface area contributed by atoms with Gasteiger partial charge >= 0.3 is 0 Å². The predicted octanol–water partition coefficient (Wildman–Crippen LogP) is 2.59. The molecule has 1 aliphatic heterocycles. The molecular weight excluding hydrogens is 494 g/mol. The largest absolute Gasteiger partial charge is 0.462 e. The third-order valence-corrected chi connectivity index (χ3v) is 7.03. The van der Waals surface area contributed by atoms with Crippen LogP contribution < -0.4 is 4.74 Å². The molecule has 33 heavy (non-hydrogen) atoms. The van der Waals surface area contributed by atoms with Crippen LogP contribution in [0.1, 0.15) is 41.0 Å². The minimum atomic E-state index is -1.50. The molecule has 0 unspecified atom stereocenters. The van der Waals surface area contributed by atoms with E-state index >= 15 is 0 Å². The zero-order valence-corrected chi connectivity index (χ0v) is 19.8. The maximum atomic E-state index is 13.5. The van der Waals surface area contributed by atoms with Gasteiger partial charge in [0.25, 0.3) is 0 Å². The lowest BCUT2D eigenvalue weighted by atomic mass is 9.71. The molecule has 2 aromatic carbocycles. The molecule has 8 nitrogen and oxygen atoms in total. The number of ketones is 1. The Hall–Kier alpha value is -2.27. The Balaban J connectivity index is 1.53. The molecular formula is C24H24BrNO7. The average Bonchev–Trinajstić information content (AvgIpc) is 3.18. The number of aromatic nitrogens is 1. The number of aliphatic hydroxyl groups excluding tert-OH is 3. The molecule has 1 aromatic heterocycles. The number of aromatic amines is 1. The average molecular weight is 518 g/mol. The standard InChI is InChI=1S/C24H24BrNO7/c1-24(2)14-9-11(32-23-20(30)18(28)19(29)22(31-3)33-23)5-7-12(14)17(27)16-13-6-4-10(25)8-15(13)26-21(16)24/h4-9,18-20,22-23,26,28-30H,1-3H3/t18-,19-,20+,22+,23+/m1/s1. The van der Waals surface area contributed by atoms with Crippen molar-refractivity contribution in [2.24, 2.45) is 0 Å². The van der Waals surface area contributed by atoms with Gasteiger partial charge in [-0.2, -0.15) is 0 Å². The summed E-state index contributed by atoms with van der Waals surface area (Å²) in [5.74, 6) is 0.269. The second kappa shape index (κ2) is 7.90. The predicted molar refractivity (Wildman–Crippen MR) is 122 cm³/mol. The van der Waals surface area contributed by atoms with Gasteiger partial charge in [-0.3, -0.25) is 4.79 Å². The molecule has 4 N–H and O–H groups in total. The third-order valence-electron chi connectivity index (χ3n) is 6.53. The van der Waals surface area contributed by atoms with Crippen LogP contribution in [0.25, 0.3) is 10.9 Å². The van der Waals surface area contributed by atoms with Crippen molar-refractivity contribution in [1.29, 1.82) is 0 Å². The summed E-state index contributed by atoms with van der Waals surface area (Å²) < 4.78 is 17.2. The Labute approximate surface area is 198 Å². The number of carbonyl (C=O) groups is 1. The summed E-state index contributed by atoms with van der Waals surface area (Å²) in [4.78, 5) is 16.9. The molecule has 0 amide bonds. The molecule has 0 radical (unpaired) electrons. The number of halogens is 1. The van der Waals surface area contributed by atoms with E-state index in [1.165, 1.54) is 7.11 Å². The fourth-order valence-corrected chi connectivity index (χ4v) is 5.06. The van der Waals surface area contributed by atoms with Crippen molar-refractivity contribution in [3.05, 3.63) is 63.3 Å². The Kier molecular flexibility index (Phi) is 5.39. The summed E-state index contributed by atoms with van der Waals surface area (Å²) in [6.45, 7) is 4.05. The molecule has 2 aliphatic rings. The van der Waals surface area contributed by atoms with Gasteiger partial charge in [0.15, 0.2) is 12.1 Å². The minimum absolute atomic E-state index is 0.0774. The number of hydrogen-bond acceptors (Lipinski definition) is 7. The normalized spacial score (nSPS) is 28.5. The zero-order chi connectivity index (χ0) is 23.7. The summed E-state index contributed by atoms with van der Waals surface area (Å²) in [6, 6.07) is 10.9. The molecule has 1 aliphatic carbocycles. The van der Waals surface area contributed by atoms with Gasteiger partial charge in [0, 0.05) is 39.2 Å². The number of benzene rings is 2. The quantitative estimate of drug-likeness (QED) is 0.421. The first kappa shape index (κ1) is 22.5. The van der Waals surface area contributed by atoms with Crippen LogP contribution in [0, 0.1) is 0 Å². The molecule has 5 atom stereocenters. The van der Waals surface area contributed by atoms with Crippen molar-refractivity contribution in [2.45, 2.75) is 50.2 Å². The molecule has 5 rings (SSSR count). The molecule has 174 valence electrons. The van der Waals surface area contributed by atoms with Crippen molar-refractivity contribution in [3.8, 4) is 5.75 Å². The molecule has 3 aromatic rings. The van der Waals surface area contributed by atoms with Crippen molar-refractivity contribution < 1.29 is 34.3 Å². The second-order valence-corrected chi connectivity index (χ2v) is 9.84. The smallest absolute Gasteiger partial charge is 0.231 e. The first-order valence-corrected chi connectivity index (χ1v) is 11.3. The minimum Gasteiger partial charge on any atom is -0.462 e. The number of ether oxygens (including phenoxy) is 3. The lowest BCUT2D eigenvalue weighted by molar-refractivity contribution is -0.327. The molecule has 0 bridgehead atoms. The lowest BCUT2D eigenvalue weighted by Gasteiger charge is -2.39. The number of methoxy groups -OCH3 is 1. The molecule has 1 fully saturated rings. The van der Waals surface area contributed by atoms with E-state index in [0.717, 1.165) is 26.6 Å². The van der Waals surface area contributed by atoms with E-state index < -0.39 is 36.3 Å². The van der Waals surface area contributed by atoms with Crippen molar-refractivity contribution in [1.82, 2.24) is 4.98 Å². The van der Waals surface area contributed by atoms with Gasteiger partial charge in [0.2, 0.25) is 6.29 Å². The van der Waals surface area contributed by atoms with Gasteiger partial charge in [0.05, 0.1) is 5.56 Å². The third kappa shape index (κ3) is 3.42. The fraction of sp³-hybridized carbons (Fsp3) is 0.375. The van der Waals surface area contributed by atoms with Crippen LogP contribution in [0.5, 0.6) is 5.75 Å². The summed E-state index contributed by atoms with van der Waals surface area (Å²) in [6.07, 6.45) is -6.83. The first-order chi connectivity index (χ1) is 15.6. The van der Waals surface area contributed by atoms with Crippen molar-refractivity contribution in [3.63, 3.8) is 0 Å². The number of rotatable bonds is 3. The molecule has 9 heteroatoms. The Morgan fingerprint density at radius 3 is 2.48 bits per heavy atom. The van der Waals surface area contributed by atoms with Crippen LogP contribution in [-0.2, 0) is 14.9 Å². The van der Waals surface area contributed by atoms with Gasteiger partial charge < -0.3 is 34.5 Å². The molecule has 0 spiro atoms. The second-order valence-electron chi connectivity index (χ2n) is 8.92. The highest BCUT2D eigenvalue weighted by atomic mass is 79.9. The maximum Gasteiger partial charge on any atom is 0.231 e. The van der Waals surface area contributed by atoms with Crippen LogP contribution in [0.4, 0.5) is 0 Å². The van der Waals surface area contributed by atoms with E-state index in [1.807, 2.05) is 32.0 Å². The van der Waals surface area contributed by atoms with Gasteiger partial charge in [0.1, 0.15) is 24.1 Å². The number of aliphatic hydroxyl groups is 3. The van der Waals surface area contributed by atoms with Crippen molar-refractivity contribution >= 4 is 32.6 Å². The summed E-state index contributed by atoms with van der Waals surface area (Å²) in [5.41, 5.74) is 3.14. The lowest BCUT2D eigenvalue weighted by Crippen LogP contribution is -2.59. The van der Waals surface area contributed by atoms with Gasteiger partial charge in [-0.05, 0) is 35.9 Å². The van der Waals surface area contributed by atoms with E-state index in [0.29, 0.717) is 16.9 Å². The fourth-order valence-electron chi connectivity index (χ4n) is 4.70. The van der Waals surface area contributed by atoms with Crippen LogP contribution in [0.2, 0.25) is 0 Å². The van der Waals surface area contributed by atoms with Crippen LogP contribution in [0.15, 0.2) is 40.9 Å². The Morgan fingerprint density at radius 1 is 1.03 bits per heavy atom. The van der Waals surface area contributed by atoms with Gasteiger partial charge in [-0.1, -0.05) is 35.8 Å². The molecule has 0 saturated carbocycles. The van der Waals surface area contributed by atoms with E-state index in [4.69, 9.17) is 14.2 Å². The molecule has 1 saturated heterocycles. The number of hydrogen-bond donors (Lipinski definition) is 4. The topological polar surface area (TPSA) is 121 Å². The SMILES string of the molecule is CO[C@H]1O[C@H](Oc2ccc3c(c2)C(C)(C)c2[nH]c4cc(Br)ccc4c2C3=O)[C@@H](O)[C@H](O)[C@H]1O. The Bertz CT molecular complexity index is 1250. The Morgan fingerprint density at radius 2 is 1.76 bits per heavy atom. The van der Waals surface area contributed by atoms with E-state index in [2.05, 4.69) is 20.9 Å². The number of H-pyrrole nitrogens is 1. The van der Waals surface area contributed by atoms with E-state index in [1.54, 1.807) is 18.2 Å². The monoisotopic (exact) mass is 517 g/mol. The van der Waals surface area contributed by atoms with Gasteiger partial charge in [-0.25, -0.2) is 0 Å². The number of carbonyl (C=O) groups excluding carboxylic acids is 1. The van der Waals surface area contributed by atoms with E-state index in [9.17, 15) is 20.1 Å². The maximum absolute atomic E-state index is 13.5. The summed E-state index contributed by atoms with van der Waals surface area (Å²) in [7, 11) is 1.32. The highest BCUT2D eigenvalue weighted by Gasteiger charge is 2.46. The first-order valence-electron chi connectivity index (χ1n) is 10.5. The summed E-state index contributed by atoms with van der Waals surface area (Å²) >= 11 is 3.48.